The number of hydrogen-bond acceptors (Lipinski definition) is 8. The predicted molar refractivity (Wildman–Crippen MR) is 119 cm³/mol. The number of thioether (sulfide) groups is 1. The number of rotatable bonds is 11. The highest BCUT2D eigenvalue weighted by atomic mass is 32.2. The number of sulfonamides is 1. The van der Waals surface area contributed by atoms with E-state index in [-0.39, 0.29) is 6.54 Å². The van der Waals surface area contributed by atoms with Crippen LogP contribution >= 0.6 is 23.1 Å². The van der Waals surface area contributed by atoms with E-state index in [1.54, 1.807) is 36.0 Å². The van der Waals surface area contributed by atoms with E-state index in [1.165, 1.54) is 11.3 Å². The van der Waals surface area contributed by atoms with Crippen molar-refractivity contribution in [1.29, 1.82) is 0 Å². The lowest BCUT2D eigenvalue weighted by molar-refractivity contribution is -0.114. The number of aromatic nitrogens is 2. The Bertz CT molecular complexity index is 898. The molecule has 29 heavy (non-hydrogen) atoms. The van der Waals surface area contributed by atoms with Crippen molar-refractivity contribution in [2.45, 2.75) is 31.5 Å². The molecule has 2 rings (SSSR count). The molecule has 1 heterocycles. The fraction of sp³-hybridized carbons (Fsp3) is 0.500. The van der Waals surface area contributed by atoms with Crippen LogP contribution in [0.5, 0.6) is 5.75 Å². The Balaban J connectivity index is 2.04. The second kappa shape index (κ2) is 10.8. The smallest absolute Gasteiger partial charge is 0.246 e. The fourth-order valence-electron chi connectivity index (χ4n) is 2.17. The number of ether oxygens (including phenoxy) is 1. The van der Waals surface area contributed by atoms with E-state index in [0.717, 1.165) is 27.1 Å². The highest BCUT2D eigenvalue weighted by Gasteiger charge is 2.22. The van der Waals surface area contributed by atoms with Crippen LogP contribution in [0.4, 0.5) is 10.8 Å². The number of carbonyl (C=O) groups excluding carboxylic acids is 1. The zero-order chi connectivity index (χ0) is 21.4. The van der Waals surface area contributed by atoms with Gasteiger partial charge in [0.1, 0.15) is 12.3 Å². The minimum absolute atomic E-state index is 0.345. The molecule has 11 heteroatoms. The van der Waals surface area contributed by atoms with Gasteiger partial charge in [0.2, 0.25) is 21.1 Å². The molecule has 0 aliphatic carbocycles. The van der Waals surface area contributed by atoms with Gasteiger partial charge in [-0.3, -0.25) is 14.4 Å². The maximum atomic E-state index is 12.4. The zero-order valence-corrected chi connectivity index (χ0v) is 19.4. The lowest BCUT2D eigenvalue weighted by Gasteiger charge is -2.21. The molecule has 0 saturated heterocycles. The van der Waals surface area contributed by atoms with Crippen molar-refractivity contribution in [1.82, 2.24) is 10.2 Å². The van der Waals surface area contributed by atoms with Crippen LogP contribution in [0.2, 0.25) is 0 Å². The number of nitrogens with zero attached hydrogens (tertiary/aromatic N) is 3. The summed E-state index contributed by atoms with van der Waals surface area (Å²) in [6.07, 6.45) is 1.94. The van der Waals surface area contributed by atoms with Gasteiger partial charge >= 0.3 is 0 Å². The van der Waals surface area contributed by atoms with Crippen LogP contribution in [0.15, 0.2) is 28.6 Å². The van der Waals surface area contributed by atoms with Gasteiger partial charge in [-0.15, -0.1) is 10.2 Å². The summed E-state index contributed by atoms with van der Waals surface area (Å²) in [5.74, 6) is 1.58. The second-order valence-electron chi connectivity index (χ2n) is 6.74. The Morgan fingerprint density at radius 3 is 2.55 bits per heavy atom. The summed E-state index contributed by atoms with van der Waals surface area (Å²) in [4.78, 5) is 12.4. The van der Waals surface area contributed by atoms with Crippen molar-refractivity contribution in [3.63, 3.8) is 0 Å². The summed E-state index contributed by atoms with van der Waals surface area (Å²) in [7, 11) is -3.65. The number of anilines is 2. The first kappa shape index (κ1) is 23.4. The molecule has 0 atom stereocenters. The Kier molecular flexibility index (Phi) is 8.72. The number of carbonyl (C=O) groups is 1. The van der Waals surface area contributed by atoms with Crippen molar-refractivity contribution < 1.29 is 17.9 Å². The topological polar surface area (TPSA) is 101 Å². The van der Waals surface area contributed by atoms with Gasteiger partial charge in [0.15, 0.2) is 4.34 Å². The molecule has 0 aliphatic heterocycles. The number of hydrogen-bond donors (Lipinski definition) is 1. The van der Waals surface area contributed by atoms with Crippen molar-refractivity contribution in [3.05, 3.63) is 24.3 Å². The molecule has 0 unspecified atom stereocenters. The third-order valence-corrected chi connectivity index (χ3v) is 7.02. The molecule has 1 aromatic heterocycles. The summed E-state index contributed by atoms with van der Waals surface area (Å²) >= 11 is 2.84. The van der Waals surface area contributed by atoms with E-state index in [4.69, 9.17) is 4.74 Å². The molecular weight excluding hydrogens is 432 g/mol. The minimum atomic E-state index is -3.65. The molecule has 1 amide bonds. The van der Waals surface area contributed by atoms with Crippen molar-refractivity contribution in [3.8, 4) is 5.75 Å². The fourth-order valence-corrected chi connectivity index (χ4v) is 4.78. The van der Waals surface area contributed by atoms with Crippen LogP contribution < -0.4 is 14.4 Å². The quantitative estimate of drug-likeness (QED) is 0.406. The lowest BCUT2D eigenvalue weighted by atomic mass is 10.3. The summed E-state index contributed by atoms with van der Waals surface area (Å²) < 4.78 is 31.7. The molecule has 160 valence electrons. The maximum Gasteiger partial charge on any atom is 0.246 e. The maximum absolute atomic E-state index is 12.4. The summed E-state index contributed by atoms with van der Waals surface area (Å²) in [5, 5.41) is 10.9. The van der Waals surface area contributed by atoms with Gasteiger partial charge < -0.3 is 4.74 Å². The van der Waals surface area contributed by atoms with Gasteiger partial charge in [-0.25, -0.2) is 8.42 Å². The van der Waals surface area contributed by atoms with Gasteiger partial charge in [-0.2, -0.15) is 0 Å². The van der Waals surface area contributed by atoms with Crippen molar-refractivity contribution in [2.24, 2.45) is 5.92 Å². The van der Waals surface area contributed by atoms with Gasteiger partial charge in [0.25, 0.3) is 0 Å². The number of nitrogens with one attached hydrogen (secondary N) is 1. The predicted octanol–water partition coefficient (Wildman–Crippen LogP) is 3.48. The van der Waals surface area contributed by atoms with Gasteiger partial charge in [-0.1, -0.05) is 43.9 Å². The highest BCUT2D eigenvalue weighted by molar-refractivity contribution is 8.01. The van der Waals surface area contributed by atoms with E-state index < -0.39 is 15.9 Å². The van der Waals surface area contributed by atoms with Crippen molar-refractivity contribution >= 4 is 49.8 Å². The van der Waals surface area contributed by atoms with Crippen LogP contribution in [0, 0.1) is 5.92 Å². The molecule has 0 saturated carbocycles. The van der Waals surface area contributed by atoms with Gasteiger partial charge in [0, 0.05) is 5.75 Å². The first-order chi connectivity index (χ1) is 13.7. The largest absolute Gasteiger partial charge is 0.494 e. The van der Waals surface area contributed by atoms with Crippen molar-refractivity contribution in [2.75, 3.05) is 34.8 Å². The minimum Gasteiger partial charge on any atom is -0.494 e. The number of amides is 1. The molecule has 0 bridgehead atoms. The average molecular weight is 459 g/mol. The first-order valence-electron chi connectivity index (χ1n) is 9.15. The monoisotopic (exact) mass is 458 g/mol. The third kappa shape index (κ3) is 7.82. The first-order valence-corrected chi connectivity index (χ1v) is 12.8. The molecular formula is C18H26N4O4S3. The van der Waals surface area contributed by atoms with Crippen LogP contribution in [-0.2, 0) is 14.8 Å². The van der Waals surface area contributed by atoms with E-state index in [1.807, 2.05) is 6.92 Å². The summed E-state index contributed by atoms with van der Waals surface area (Å²) in [6, 6.07) is 6.60. The van der Waals surface area contributed by atoms with Gasteiger partial charge in [-0.05, 0) is 36.6 Å². The third-order valence-electron chi connectivity index (χ3n) is 3.48. The second-order valence-corrected chi connectivity index (χ2v) is 10.9. The molecule has 0 fully saturated rings. The SMILES string of the molecule is CCCOc1ccc(N(CC(=O)Nc2nnc(SCC(C)C)s2)S(C)(=O)=O)cc1. The van der Waals surface area contributed by atoms with Crippen LogP contribution in [0.3, 0.4) is 0 Å². The summed E-state index contributed by atoms with van der Waals surface area (Å²) in [6.45, 7) is 6.44. The Labute approximate surface area is 180 Å². The average Bonchev–Trinajstić information content (AvgIpc) is 3.09. The molecule has 0 radical (unpaired) electrons. The molecule has 2 aromatic rings. The van der Waals surface area contributed by atoms with Crippen LogP contribution in [0.25, 0.3) is 0 Å². The molecule has 8 nitrogen and oxygen atoms in total. The molecule has 0 spiro atoms. The van der Waals surface area contributed by atoms with Crippen LogP contribution in [0.1, 0.15) is 27.2 Å². The normalized spacial score (nSPS) is 11.5. The Hall–Kier alpha value is -1.85. The van der Waals surface area contributed by atoms with Gasteiger partial charge in [0.05, 0.1) is 18.6 Å². The van der Waals surface area contributed by atoms with E-state index in [9.17, 15) is 13.2 Å². The van der Waals surface area contributed by atoms with E-state index in [0.29, 0.717) is 29.1 Å². The zero-order valence-electron chi connectivity index (χ0n) is 16.9. The summed E-state index contributed by atoms with van der Waals surface area (Å²) in [5.41, 5.74) is 0.386. The highest BCUT2D eigenvalue weighted by Crippen LogP contribution is 2.27. The Morgan fingerprint density at radius 2 is 1.97 bits per heavy atom. The van der Waals surface area contributed by atoms with Crippen LogP contribution in [-0.4, -0.2) is 49.7 Å². The van der Waals surface area contributed by atoms with E-state index >= 15 is 0 Å². The molecule has 0 aliphatic rings. The number of benzene rings is 1. The lowest BCUT2D eigenvalue weighted by Crippen LogP contribution is -2.37. The Morgan fingerprint density at radius 1 is 1.28 bits per heavy atom. The molecule has 1 aromatic carbocycles. The molecule has 1 N–H and O–H groups in total. The standard InChI is InChI=1S/C18H26N4O4S3/c1-5-10-26-15-8-6-14(7-9-15)22(29(4,24)25)11-16(23)19-17-20-21-18(28-17)27-12-13(2)3/h6-9,13H,5,10-12H2,1-4H3,(H,19,20,23). The van der Waals surface area contributed by atoms with E-state index in [2.05, 4.69) is 29.4 Å².